The van der Waals surface area contributed by atoms with Crippen LogP contribution in [0.2, 0.25) is 5.02 Å². The highest BCUT2D eigenvalue weighted by atomic mass is 35.5. The Morgan fingerprint density at radius 1 is 1.15 bits per heavy atom. The molecule has 4 rings (SSSR count). The second-order valence-corrected chi connectivity index (χ2v) is 12.1. The maximum absolute atomic E-state index is 13.5. The van der Waals surface area contributed by atoms with Crippen molar-refractivity contribution in [1.29, 1.82) is 0 Å². The number of aromatic hydroxyl groups is 1. The van der Waals surface area contributed by atoms with Crippen molar-refractivity contribution in [3.05, 3.63) is 86.3 Å². The number of nitrogens with zero attached hydrogens (tertiary/aromatic N) is 2. The summed E-state index contributed by atoms with van der Waals surface area (Å²) in [6, 6.07) is 11.3. The van der Waals surface area contributed by atoms with Gasteiger partial charge in [0.15, 0.2) is 5.69 Å². The second-order valence-electron chi connectivity index (χ2n) is 9.76. The highest BCUT2D eigenvalue weighted by Crippen LogP contribution is 2.34. The summed E-state index contributed by atoms with van der Waals surface area (Å²) >= 11 is 6.33. The number of carboxylic acids is 1. The standard InChI is InChI=1S/C28H31ClN4O7S/c1-3-33(41(2,39)40)19-10-6-9-17(14-19)22(15-24(34)35)30-28(38)31-25-26(36)20-11-7-13-23(20)32(27(25)37)16-18-8-4-5-12-21(18)29/h4-6,8-10,12,14,22,36H,3,7,11,13,15-16H2,1-2H3,(H,34,35)(H2,30,31,38)/t22-/m0/s1. The highest BCUT2D eigenvalue weighted by Gasteiger charge is 2.27. The van der Waals surface area contributed by atoms with E-state index in [4.69, 9.17) is 11.6 Å². The van der Waals surface area contributed by atoms with Gasteiger partial charge in [0.1, 0.15) is 5.75 Å². The number of amides is 2. The molecule has 13 heteroatoms. The molecule has 11 nitrogen and oxygen atoms in total. The summed E-state index contributed by atoms with van der Waals surface area (Å²) in [4.78, 5) is 38.3. The van der Waals surface area contributed by atoms with E-state index in [2.05, 4.69) is 10.6 Å². The highest BCUT2D eigenvalue weighted by molar-refractivity contribution is 7.92. The molecule has 0 unspecified atom stereocenters. The molecule has 218 valence electrons. The van der Waals surface area contributed by atoms with Gasteiger partial charge in [0.2, 0.25) is 10.0 Å². The maximum Gasteiger partial charge on any atom is 0.319 e. The first-order valence-corrected chi connectivity index (χ1v) is 15.2. The van der Waals surface area contributed by atoms with E-state index in [1.165, 1.54) is 10.6 Å². The van der Waals surface area contributed by atoms with Crippen molar-refractivity contribution in [1.82, 2.24) is 9.88 Å². The number of aliphatic carboxylic acids is 1. The third-order valence-corrected chi connectivity index (χ3v) is 8.59. The maximum atomic E-state index is 13.5. The van der Waals surface area contributed by atoms with Gasteiger partial charge in [0.25, 0.3) is 5.56 Å². The molecule has 1 atom stereocenters. The molecule has 1 aromatic heterocycles. The van der Waals surface area contributed by atoms with E-state index in [9.17, 15) is 33.0 Å². The van der Waals surface area contributed by atoms with E-state index in [1.807, 2.05) is 0 Å². The zero-order chi connectivity index (χ0) is 29.9. The number of carbonyl (C=O) groups excluding carboxylic acids is 1. The van der Waals surface area contributed by atoms with E-state index >= 15 is 0 Å². The average molecular weight is 603 g/mol. The van der Waals surface area contributed by atoms with E-state index in [0.717, 1.165) is 17.0 Å². The van der Waals surface area contributed by atoms with E-state index in [-0.39, 0.29) is 24.5 Å². The number of carbonyl (C=O) groups is 2. The fourth-order valence-electron chi connectivity index (χ4n) is 5.11. The van der Waals surface area contributed by atoms with Gasteiger partial charge in [0.05, 0.1) is 31.0 Å². The lowest BCUT2D eigenvalue weighted by Gasteiger charge is -2.23. The number of sulfonamides is 1. The monoisotopic (exact) mass is 602 g/mol. The van der Waals surface area contributed by atoms with Crippen molar-refractivity contribution in [2.45, 2.75) is 45.2 Å². The lowest BCUT2D eigenvalue weighted by molar-refractivity contribution is -0.137. The number of benzene rings is 2. The Hall–Kier alpha value is -4.03. The minimum absolute atomic E-state index is 0.139. The Labute approximate surface area is 242 Å². The van der Waals surface area contributed by atoms with Crippen molar-refractivity contribution in [3.63, 3.8) is 0 Å². The topological polar surface area (TPSA) is 158 Å². The Bertz CT molecular complexity index is 1660. The second kappa shape index (κ2) is 12.2. The molecule has 3 aromatic rings. The number of fused-ring (bicyclic) bond motifs is 1. The Morgan fingerprint density at radius 2 is 1.88 bits per heavy atom. The zero-order valence-electron chi connectivity index (χ0n) is 22.6. The Kier molecular flexibility index (Phi) is 8.93. The Morgan fingerprint density at radius 3 is 2.54 bits per heavy atom. The van der Waals surface area contributed by atoms with E-state index in [0.29, 0.717) is 45.9 Å². The summed E-state index contributed by atoms with van der Waals surface area (Å²) in [5.41, 5.74) is 1.63. The number of anilines is 2. The lowest BCUT2D eigenvalue weighted by atomic mass is 10.0. The molecule has 41 heavy (non-hydrogen) atoms. The molecule has 4 N–H and O–H groups in total. The van der Waals surface area contributed by atoms with Gasteiger partial charge in [0, 0.05) is 22.8 Å². The molecule has 0 saturated heterocycles. The van der Waals surface area contributed by atoms with Gasteiger partial charge >= 0.3 is 12.0 Å². The zero-order valence-corrected chi connectivity index (χ0v) is 24.1. The Balaban J connectivity index is 1.65. The molecule has 0 fully saturated rings. The first-order valence-electron chi connectivity index (χ1n) is 13.0. The predicted molar refractivity (Wildman–Crippen MR) is 156 cm³/mol. The number of hydrogen-bond acceptors (Lipinski definition) is 6. The van der Waals surface area contributed by atoms with Crippen LogP contribution in [0, 0.1) is 0 Å². The molecule has 0 saturated carbocycles. The van der Waals surface area contributed by atoms with E-state index < -0.39 is 40.0 Å². The molecule has 0 bridgehead atoms. The molecular formula is C28H31ClN4O7S. The molecule has 1 heterocycles. The van der Waals surface area contributed by atoms with Gasteiger partial charge in [-0.3, -0.25) is 13.9 Å². The number of carboxylic acid groups (broad SMARTS) is 1. The van der Waals surface area contributed by atoms with Crippen molar-refractivity contribution >= 4 is 45.0 Å². The van der Waals surface area contributed by atoms with Crippen LogP contribution in [0.5, 0.6) is 5.75 Å². The van der Waals surface area contributed by atoms with Gasteiger partial charge in [-0.2, -0.15) is 0 Å². The van der Waals surface area contributed by atoms with Gasteiger partial charge in [-0.25, -0.2) is 13.2 Å². The molecule has 0 aliphatic heterocycles. The first-order chi connectivity index (χ1) is 19.4. The largest absolute Gasteiger partial charge is 0.505 e. The van der Waals surface area contributed by atoms with Crippen LogP contribution < -0.4 is 20.5 Å². The number of aromatic nitrogens is 1. The van der Waals surface area contributed by atoms with Crippen LogP contribution in [0.15, 0.2) is 53.3 Å². The number of pyridine rings is 1. The van der Waals surface area contributed by atoms with Crippen LogP contribution >= 0.6 is 11.6 Å². The lowest BCUT2D eigenvalue weighted by Crippen LogP contribution is -2.37. The number of halogens is 1. The van der Waals surface area contributed by atoms with Crippen LogP contribution in [-0.4, -0.2) is 48.0 Å². The van der Waals surface area contributed by atoms with Crippen LogP contribution in [0.3, 0.4) is 0 Å². The van der Waals surface area contributed by atoms with E-state index in [1.54, 1.807) is 49.4 Å². The SMILES string of the molecule is CCN(c1cccc([C@H](CC(=O)O)NC(=O)Nc2c(O)c3c(n(Cc4ccccc4Cl)c2=O)CCC3)c1)S(C)(=O)=O. The van der Waals surface area contributed by atoms with Crippen molar-refractivity contribution in [2.75, 3.05) is 22.4 Å². The molecule has 1 aliphatic carbocycles. The molecule has 2 amide bonds. The molecule has 0 spiro atoms. The summed E-state index contributed by atoms with van der Waals surface area (Å²) < 4.78 is 27.0. The summed E-state index contributed by atoms with van der Waals surface area (Å²) in [6.07, 6.45) is 2.36. The fraction of sp³-hybridized carbons (Fsp3) is 0.321. The molecule has 2 aromatic carbocycles. The number of urea groups is 1. The molecular weight excluding hydrogens is 572 g/mol. The first kappa shape index (κ1) is 29.9. The van der Waals surface area contributed by atoms with Gasteiger partial charge in [-0.05, 0) is 55.5 Å². The van der Waals surface area contributed by atoms with Crippen LogP contribution in [0.1, 0.15) is 48.2 Å². The third kappa shape index (κ3) is 6.66. The predicted octanol–water partition coefficient (Wildman–Crippen LogP) is 3.87. The van der Waals surface area contributed by atoms with Crippen molar-refractivity contribution in [3.8, 4) is 5.75 Å². The summed E-state index contributed by atoms with van der Waals surface area (Å²) in [5, 5.41) is 25.9. The fourth-order valence-corrected chi connectivity index (χ4v) is 6.27. The van der Waals surface area contributed by atoms with Gasteiger partial charge in [-0.15, -0.1) is 0 Å². The van der Waals surface area contributed by atoms with Crippen LogP contribution in [0.4, 0.5) is 16.2 Å². The van der Waals surface area contributed by atoms with Crippen molar-refractivity contribution < 1.29 is 28.2 Å². The smallest absolute Gasteiger partial charge is 0.319 e. The van der Waals surface area contributed by atoms with Gasteiger partial charge in [-0.1, -0.05) is 41.9 Å². The molecule has 0 radical (unpaired) electrons. The minimum atomic E-state index is -3.60. The summed E-state index contributed by atoms with van der Waals surface area (Å²) in [7, 11) is -3.60. The van der Waals surface area contributed by atoms with Crippen LogP contribution in [-0.2, 0) is 34.2 Å². The number of nitrogens with one attached hydrogen (secondary N) is 2. The third-order valence-electron chi connectivity index (χ3n) is 6.95. The number of hydrogen-bond donors (Lipinski definition) is 4. The summed E-state index contributed by atoms with van der Waals surface area (Å²) in [6.45, 7) is 1.95. The molecule has 1 aliphatic rings. The normalized spacial score (nSPS) is 13.3. The van der Waals surface area contributed by atoms with Crippen LogP contribution in [0.25, 0.3) is 0 Å². The quantitative estimate of drug-likeness (QED) is 0.274. The average Bonchev–Trinajstić information content (AvgIpc) is 3.39. The summed E-state index contributed by atoms with van der Waals surface area (Å²) in [5.74, 6) is -1.53. The van der Waals surface area contributed by atoms with Gasteiger partial charge < -0.3 is 25.4 Å². The minimum Gasteiger partial charge on any atom is -0.505 e. The number of rotatable bonds is 10. The van der Waals surface area contributed by atoms with Crippen molar-refractivity contribution in [2.24, 2.45) is 0 Å².